The highest BCUT2D eigenvalue weighted by Gasteiger charge is 2.21. The summed E-state index contributed by atoms with van der Waals surface area (Å²) in [4.78, 5) is 33.0. The first kappa shape index (κ1) is 26.6. The van der Waals surface area contributed by atoms with Crippen molar-refractivity contribution in [3.8, 4) is 17.4 Å². The van der Waals surface area contributed by atoms with Crippen molar-refractivity contribution in [2.24, 2.45) is 0 Å². The van der Waals surface area contributed by atoms with Crippen LogP contribution in [0.3, 0.4) is 0 Å². The minimum absolute atomic E-state index is 0.255. The molecule has 9 heteroatoms. The predicted molar refractivity (Wildman–Crippen MR) is 157 cm³/mol. The Morgan fingerprint density at radius 3 is 2.54 bits per heavy atom. The van der Waals surface area contributed by atoms with Gasteiger partial charge in [0.05, 0.1) is 5.52 Å². The van der Waals surface area contributed by atoms with Gasteiger partial charge in [-0.15, -0.1) is 0 Å². The van der Waals surface area contributed by atoms with Crippen LogP contribution in [-0.2, 0) is 0 Å². The summed E-state index contributed by atoms with van der Waals surface area (Å²) in [6, 6.07) is 20.1. The third kappa shape index (κ3) is 5.95. The Labute approximate surface area is 238 Å². The predicted octanol–water partition coefficient (Wildman–Crippen LogP) is 5.29. The molecule has 6 rings (SSSR count). The molecule has 4 aromatic rings. The topological polar surface area (TPSA) is 102 Å². The maximum atomic E-state index is 13.2. The number of amides is 2. The van der Waals surface area contributed by atoms with E-state index in [0.717, 1.165) is 29.4 Å². The van der Waals surface area contributed by atoms with Gasteiger partial charge in [0, 0.05) is 40.0 Å². The number of nitrogens with one attached hydrogen (secondary N) is 2. The first-order valence-corrected chi connectivity index (χ1v) is 13.8. The number of aromatic nitrogens is 1. The van der Waals surface area contributed by atoms with Crippen LogP contribution in [0, 0.1) is 6.92 Å². The molecule has 0 aliphatic carbocycles. The molecule has 2 amide bonds. The molecule has 0 spiro atoms. The average molecular weight is 553 g/mol. The second kappa shape index (κ2) is 11.5. The third-order valence-electron chi connectivity index (χ3n) is 7.57. The Morgan fingerprint density at radius 1 is 0.927 bits per heavy atom. The highest BCUT2D eigenvalue weighted by molar-refractivity contribution is 6.08. The lowest BCUT2D eigenvalue weighted by Gasteiger charge is -2.19. The molecular formula is C32H32N4O5. The highest BCUT2D eigenvalue weighted by Crippen LogP contribution is 2.31. The van der Waals surface area contributed by atoms with Crippen LogP contribution in [0.15, 0.2) is 66.7 Å². The van der Waals surface area contributed by atoms with Crippen LogP contribution in [0.4, 0.5) is 11.4 Å². The number of ether oxygens (including phenoxy) is 3. The number of likely N-dealkylation sites (tertiary alicyclic amines) is 1. The zero-order chi connectivity index (χ0) is 28.3. The Balaban J connectivity index is 1.12. The molecule has 41 heavy (non-hydrogen) atoms. The zero-order valence-corrected chi connectivity index (χ0v) is 23.1. The molecule has 0 radical (unpaired) electrons. The molecule has 1 fully saturated rings. The average Bonchev–Trinajstić information content (AvgIpc) is 3.41. The number of hydrogen-bond acceptors (Lipinski definition) is 7. The largest absolute Gasteiger partial charge is 0.486 e. The maximum absolute atomic E-state index is 13.2. The van der Waals surface area contributed by atoms with Crippen molar-refractivity contribution in [3.63, 3.8) is 0 Å². The number of rotatable bonds is 7. The van der Waals surface area contributed by atoms with Gasteiger partial charge in [-0.25, -0.2) is 4.98 Å². The summed E-state index contributed by atoms with van der Waals surface area (Å²) in [5.41, 5.74) is 3.75. The summed E-state index contributed by atoms with van der Waals surface area (Å²) < 4.78 is 17.1. The summed E-state index contributed by atoms with van der Waals surface area (Å²) >= 11 is 0. The van der Waals surface area contributed by atoms with E-state index >= 15 is 0 Å². The Morgan fingerprint density at radius 2 is 1.71 bits per heavy atom. The van der Waals surface area contributed by atoms with Gasteiger partial charge in [0.2, 0.25) is 5.88 Å². The van der Waals surface area contributed by atoms with Crippen molar-refractivity contribution in [2.45, 2.75) is 25.8 Å². The van der Waals surface area contributed by atoms with Crippen molar-refractivity contribution in [1.29, 1.82) is 0 Å². The number of nitrogens with zero attached hydrogens (tertiary/aromatic N) is 2. The van der Waals surface area contributed by atoms with Gasteiger partial charge in [0.25, 0.3) is 11.8 Å². The first-order valence-electron chi connectivity index (χ1n) is 13.8. The zero-order valence-electron chi connectivity index (χ0n) is 23.1. The van der Waals surface area contributed by atoms with E-state index in [9.17, 15) is 9.59 Å². The van der Waals surface area contributed by atoms with Crippen LogP contribution in [0.25, 0.3) is 10.9 Å². The van der Waals surface area contributed by atoms with Crippen molar-refractivity contribution in [2.75, 3.05) is 44.0 Å². The smallest absolute Gasteiger partial charge is 0.255 e. The molecule has 2 N–H and O–H groups in total. The molecule has 3 aromatic carbocycles. The van der Waals surface area contributed by atoms with E-state index in [2.05, 4.69) is 27.6 Å². The van der Waals surface area contributed by atoms with Gasteiger partial charge in [-0.05, 0) is 93.5 Å². The number of likely N-dealkylation sites (N-methyl/N-ethyl adjacent to an activating group) is 1. The maximum Gasteiger partial charge on any atom is 0.255 e. The molecule has 2 aliphatic heterocycles. The number of fused-ring (bicyclic) bond motifs is 2. The fraction of sp³-hybridized carbons (Fsp3) is 0.281. The first-order chi connectivity index (χ1) is 19.9. The van der Waals surface area contributed by atoms with E-state index in [4.69, 9.17) is 14.2 Å². The minimum Gasteiger partial charge on any atom is -0.486 e. The van der Waals surface area contributed by atoms with Crippen LogP contribution in [0.5, 0.6) is 17.4 Å². The van der Waals surface area contributed by atoms with Gasteiger partial charge in [-0.3, -0.25) is 9.59 Å². The molecule has 0 unspecified atom stereocenters. The Hall–Kier alpha value is -4.63. The number of carbonyl (C=O) groups is 2. The van der Waals surface area contributed by atoms with E-state index in [-0.39, 0.29) is 11.8 Å². The fourth-order valence-corrected chi connectivity index (χ4v) is 5.12. The summed E-state index contributed by atoms with van der Waals surface area (Å²) in [6.07, 6.45) is 2.33. The number of aryl methyl sites for hydroxylation is 1. The highest BCUT2D eigenvalue weighted by atomic mass is 16.6. The lowest BCUT2D eigenvalue weighted by Crippen LogP contribution is -2.30. The molecule has 9 nitrogen and oxygen atoms in total. The molecule has 0 saturated carbocycles. The van der Waals surface area contributed by atoms with Crippen LogP contribution in [0.2, 0.25) is 0 Å². The van der Waals surface area contributed by atoms with Gasteiger partial charge >= 0.3 is 0 Å². The molecule has 210 valence electrons. The summed E-state index contributed by atoms with van der Waals surface area (Å²) in [7, 11) is 2.12. The minimum atomic E-state index is -0.288. The van der Waals surface area contributed by atoms with Crippen molar-refractivity contribution >= 4 is 34.1 Å². The SMILES string of the molecule is Cc1ccc(NC(=O)c2ccc3c(c2)OCCO3)cc1NC(=O)c1ccc2nc(OC[C@@H]3CCCN3C)ccc2c1. The van der Waals surface area contributed by atoms with Gasteiger partial charge in [-0.2, -0.15) is 0 Å². The second-order valence-corrected chi connectivity index (χ2v) is 10.4. The fourth-order valence-electron chi connectivity index (χ4n) is 5.12. The second-order valence-electron chi connectivity index (χ2n) is 10.4. The van der Waals surface area contributed by atoms with E-state index in [1.165, 1.54) is 6.42 Å². The van der Waals surface area contributed by atoms with E-state index < -0.39 is 0 Å². The van der Waals surface area contributed by atoms with Crippen LogP contribution < -0.4 is 24.8 Å². The van der Waals surface area contributed by atoms with Crippen molar-refractivity contribution < 1.29 is 23.8 Å². The molecule has 2 aliphatic rings. The summed E-state index contributed by atoms with van der Waals surface area (Å²) in [5, 5.41) is 6.72. The summed E-state index contributed by atoms with van der Waals surface area (Å²) in [5.74, 6) is 1.21. The van der Waals surface area contributed by atoms with Gasteiger partial charge in [0.1, 0.15) is 19.8 Å². The molecule has 1 atom stereocenters. The van der Waals surface area contributed by atoms with Gasteiger partial charge in [-0.1, -0.05) is 6.07 Å². The number of pyridine rings is 1. The van der Waals surface area contributed by atoms with Gasteiger partial charge in [0.15, 0.2) is 11.5 Å². The number of benzene rings is 3. The van der Waals surface area contributed by atoms with Crippen LogP contribution >= 0.6 is 0 Å². The molecule has 3 heterocycles. The number of anilines is 2. The number of hydrogen-bond donors (Lipinski definition) is 2. The van der Waals surface area contributed by atoms with Crippen LogP contribution in [-0.4, -0.2) is 61.2 Å². The third-order valence-corrected chi connectivity index (χ3v) is 7.57. The molecular weight excluding hydrogens is 520 g/mol. The van der Waals surface area contributed by atoms with E-state index in [1.54, 1.807) is 36.4 Å². The normalized spacial score (nSPS) is 16.4. The van der Waals surface area contributed by atoms with Crippen LogP contribution in [0.1, 0.15) is 39.1 Å². The molecule has 0 bridgehead atoms. The molecule has 1 aromatic heterocycles. The summed E-state index contributed by atoms with van der Waals surface area (Å²) in [6.45, 7) is 4.55. The lowest BCUT2D eigenvalue weighted by molar-refractivity contribution is 0.101. The standard InChI is InChI=1S/C32H32N4O5/c1-20-5-9-24(33-31(37)23-7-11-28-29(17-23)40-15-14-39-28)18-27(20)35-32(38)22-6-10-26-21(16-22)8-12-30(34-26)41-19-25-4-3-13-36(25)2/h5-12,16-18,25H,3-4,13-15,19H2,1-2H3,(H,33,37)(H,35,38)/t25-/m0/s1. The number of carbonyl (C=O) groups excluding carboxylic acids is 2. The lowest BCUT2D eigenvalue weighted by atomic mass is 10.1. The Bertz CT molecular complexity index is 1620. The van der Waals surface area contributed by atoms with E-state index in [1.807, 2.05) is 37.3 Å². The van der Waals surface area contributed by atoms with Crippen molar-refractivity contribution in [1.82, 2.24) is 9.88 Å². The Kier molecular flexibility index (Phi) is 7.43. The van der Waals surface area contributed by atoms with E-state index in [0.29, 0.717) is 65.7 Å². The van der Waals surface area contributed by atoms with Gasteiger partial charge < -0.3 is 29.7 Å². The van der Waals surface area contributed by atoms with Crippen molar-refractivity contribution in [3.05, 3.63) is 83.4 Å². The quantitative estimate of drug-likeness (QED) is 0.321. The molecule has 1 saturated heterocycles. The monoisotopic (exact) mass is 552 g/mol.